The van der Waals surface area contributed by atoms with Crippen molar-refractivity contribution < 1.29 is 9.47 Å². The molecule has 2 atom stereocenters. The van der Waals surface area contributed by atoms with Crippen LogP contribution < -0.4 is 20.1 Å². The van der Waals surface area contributed by atoms with Crippen LogP contribution in [0.5, 0.6) is 11.5 Å². The minimum atomic E-state index is 0.358. The van der Waals surface area contributed by atoms with E-state index in [-0.39, 0.29) is 0 Å². The molecule has 0 amide bonds. The Labute approximate surface area is 450 Å². The maximum atomic E-state index is 5.27. The molecular weight excluding hydrogens is 955 g/mol. The van der Waals surface area contributed by atoms with Crippen LogP contribution in [0.4, 0.5) is 5.69 Å². The molecule has 0 saturated carbocycles. The second-order valence-electron chi connectivity index (χ2n) is 21.7. The second-order valence-corrected chi connectivity index (χ2v) is 25.4. The van der Waals surface area contributed by atoms with Crippen molar-refractivity contribution in [2.24, 2.45) is 11.8 Å². The lowest BCUT2D eigenvalue weighted by Crippen LogP contribution is -2.25. The highest BCUT2D eigenvalue weighted by molar-refractivity contribution is 8.03. The van der Waals surface area contributed by atoms with Crippen molar-refractivity contribution in [1.82, 2.24) is 20.5 Å². The van der Waals surface area contributed by atoms with Crippen molar-refractivity contribution in [3.63, 3.8) is 0 Å². The highest BCUT2D eigenvalue weighted by Gasteiger charge is 2.27. The SMILES string of the molecule is CC(C)C1NC2=C(CCCC2)S1.CC(C)C1Nc2ccccc2S1.CC(C)c1ccc2c(c1)CCC2.CC(C)c1ccc2c(c1)OCO2.CC(C)c1ccc2cn[nH]c2c1.Cc1nc2cc(C(C)C)ccc2s1. The van der Waals surface area contributed by atoms with E-state index in [0.717, 1.165) is 33.5 Å². The number of hydrogen-bond donors (Lipinski definition) is 3. The van der Waals surface area contributed by atoms with E-state index in [1.165, 1.54) is 87.9 Å². The number of anilines is 1. The Hall–Kier alpha value is -4.90. The predicted octanol–water partition coefficient (Wildman–Crippen LogP) is 18.5. The Bertz CT molecular complexity index is 2790. The Kier molecular flexibility index (Phi) is 20.3. The number of aryl methyl sites for hydroxylation is 3. The number of H-pyrrole nitrogens is 1. The van der Waals surface area contributed by atoms with Gasteiger partial charge in [-0.05, 0) is 163 Å². The molecule has 5 aromatic carbocycles. The van der Waals surface area contributed by atoms with Crippen LogP contribution in [0.2, 0.25) is 0 Å². The number of rotatable bonds is 6. The van der Waals surface area contributed by atoms with Gasteiger partial charge in [0.25, 0.3) is 0 Å². The van der Waals surface area contributed by atoms with Gasteiger partial charge in [0.05, 0.1) is 37.7 Å². The number of benzene rings is 5. The molecule has 73 heavy (non-hydrogen) atoms. The van der Waals surface area contributed by atoms with E-state index in [1.807, 2.05) is 30.1 Å². The first-order chi connectivity index (χ1) is 35.0. The molecule has 3 N–H and O–H groups in total. The summed E-state index contributed by atoms with van der Waals surface area (Å²) in [5.74, 6) is 5.56. The van der Waals surface area contributed by atoms with E-state index >= 15 is 0 Å². The first kappa shape index (κ1) is 55.8. The lowest BCUT2D eigenvalue weighted by atomic mass is 9.99. The maximum absolute atomic E-state index is 5.27. The Balaban J connectivity index is 0.000000128. The third kappa shape index (κ3) is 15.6. The van der Waals surface area contributed by atoms with Crippen LogP contribution in [0.25, 0.3) is 21.1 Å². The van der Waals surface area contributed by atoms with Crippen molar-refractivity contribution in [2.75, 3.05) is 12.1 Å². The van der Waals surface area contributed by atoms with Crippen LogP contribution in [0.15, 0.2) is 119 Å². The average Bonchev–Trinajstić information content (AvgIpc) is 4.25. The molecule has 3 aliphatic heterocycles. The van der Waals surface area contributed by atoms with Gasteiger partial charge in [0.15, 0.2) is 11.5 Å². The molecule has 2 aromatic heterocycles. The highest BCUT2D eigenvalue weighted by atomic mass is 32.2. The minimum Gasteiger partial charge on any atom is -0.454 e. The summed E-state index contributed by atoms with van der Waals surface area (Å²) >= 11 is 5.77. The summed E-state index contributed by atoms with van der Waals surface area (Å²) in [6.07, 6.45) is 11.2. The average molecular weight is 1040 g/mol. The molecule has 2 unspecified atom stereocenters. The molecule has 0 saturated heterocycles. The topological polar surface area (TPSA) is 84.1 Å². The molecule has 5 aliphatic rings. The Morgan fingerprint density at radius 2 is 1.18 bits per heavy atom. The van der Waals surface area contributed by atoms with Crippen LogP contribution in [0.3, 0.4) is 0 Å². The maximum Gasteiger partial charge on any atom is 0.231 e. The van der Waals surface area contributed by atoms with Crippen molar-refractivity contribution in [1.29, 1.82) is 0 Å². The summed E-state index contributed by atoms with van der Waals surface area (Å²) in [6.45, 7) is 29.1. The molecule has 0 radical (unpaired) electrons. The number of nitrogens with one attached hydrogen (secondary N) is 3. The summed E-state index contributed by atoms with van der Waals surface area (Å²) in [5, 5.41) is 17.6. The van der Waals surface area contributed by atoms with Gasteiger partial charge in [-0.25, -0.2) is 4.98 Å². The molecule has 7 aromatic rings. The number of aromatic amines is 1. The van der Waals surface area contributed by atoms with Crippen molar-refractivity contribution >= 4 is 61.7 Å². The fourth-order valence-electron chi connectivity index (χ4n) is 9.08. The number of hydrogen-bond acceptors (Lipinski definition) is 9. The van der Waals surface area contributed by atoms with Gasteiger partial charge in [-0.15, -0.1) is 23.1 Å². The lowest BCUT2D eigenvalue weighted by molar-refractivity contribution is 0.174. The molecular formula is C63H83N5O2S3. The number of ether oxygens (including phenoxy) is 2. The van der Waals surface area contributed by atoms with Crippen molar-refractivity contribution in [3.8, 4) is 11.5 Å². The smallest absolute Gasteiger partial charge is 0.231 e. The van der Waals surface area contributed by atoms with E-state index in [0.29, 0.717) is 47.1 Å². The quantitative estimate of drug-likeness (QED) is 0.152. The lowest BCUT2D eigenvalue weighted by Gasteiger charge is -2.15. The van der Waals surface area contributed by atoms with Crippen molar-refractivity contribution in [2.45, 2.75) is 174 Å². The summed E-state index contributed by atoms with van der Waals surface area (Å²) in [6, 6.07) is 34.6. The van der Waals surface area contributed by atoms with Gasteiger partial charge in [0.2, 0.25) is 6.79 Å². The first-order valence-electron chi connectivity index (χ1n) is 27.0. The van der Waals surface area contributed by atoms with Gasteiger partial charge < -0.3 is 20.1 Å². The van der Waals surface area contributed by atoms with Gasteiger partial charge >= 0.3 is 0 Å². The molecule has 390 valence electrons. The number of nitrogens with zero attached hydrogens (tertiary/aromatic N) is 2. The molecule has 0 fully saturated rings. The number of fused-ring (bicyclic) bond motifs is 5. The number of aromatic nitrogens is 3. The zero-order chi connectivity index (χ0) is 52.2. The van der Waals surface area contributed by atoms with Gasteiger partial charge in [-0.1, -0.05) is 149 Å². The molecule has 0 bridgehead atoms. The van der Waals surface area contributed by atoms with Gasteiger partial charge in [-0.2, -0.15) is 5.10 Å². The predicted molar refractivity (Wildman–Crippen MR) is 317 cm³/mol. The van der Waals surface area contributed by atoms with Gasteiger partial charge in [0, 0.05) is 26.6 Å². The second kappa shape index (κ2) is 26.5. The fourth-order valence-corrected chi connectivity index (χ4v) is 12.4. The molecule has 0 spiro atoms. The largest absolute Gasteiger partial charge is 0.454 e. The van der Waals surface area contributed by atoms with Crippen molar-refractivity contribution in [3.05, 3.63) is 152 Å². The van der Waals surface area contributed by atoms with E-state index in [9.17, 15) is 0 Å². The summed E-state index contributed by atoms with van der Waals surface area (Å²) in [4.78, 5) is 7.51. The minimum absolute atomic E-state index is 0.358. The van der Waals surface area contributed by atoms with Crippen LogP contribution in [-0.2, 0) is 12.8 Å². The van der Waals surface area contributed by atoms with Gasteiger partial charge in [0.1, 0.15) is 0 Å². The molecule has 7 nitrogen and oxygen atoms in total. The summed E-state index contributed by atoms with van der Waals surface area (Å²) in [7, 11) is 0. The third-order valence-corrected chi connectivity index (χ3v) is 18.0. The third-order valence-electron chi connectivity index (χ3n) is 13.8. The van der Waals surface area contributed by atoms with Gasteiger partial charge in [-0.3, -0.25) is 5.10 Å². The first-order valence-corrected chi connectivity index (χ1v) is 29.6. The molecule has 12 rings (SSSR count). The number of thiazole rings is 1. The monoisotopic (exact) mass is 1040 g/mol. The zero-order valence-corrected chi connectivity index (χ0v) is 48.5. The van der Waals surface area contributed by atoms with Crippen LogP contribution in [0, 0.1) is 18.8 Å². The number of para-hydroxylation sites is 1. The molecule has 10 heteroatoms. The number of allylic oxidation sites excluding steroid dienone is 2. The van der Waals surface area contributed by atoms with Crippen LogP contribution in [-0.4, -0.2) is 32.7 Å². The van der Waals surface area contributed by atoms with E-state index in [1.54, 1.807) is 33.1 Å². The molecule has 2 aliphatic carbocycles. The zero-order valence-electron chi connectivity index (χ0n) is 46.0. The number of thioether (sulfide) groups is 2. The van der Waals surface area contributed by atoms with E-state index < -0.39 is 0 Å². The summed E-state index contributed by atoms with van der Waals surface area (Å²) in [5.41, 5.74) is 13.8. The fraction of sp³-hybridized carbons (Fsp3) is 0.460. The van der Waals surface area contributed by atoms with Crippen LogP contribution in [0.1, 0.15) is 177 Å². The Morgan fingerprint density at radius 1 is 0.562 bits per heavy atom. The summed E-state index contributed by atoms with van der Waals surface area (Å²) < 4.78 is 11.8. The Morgan fingerprint density at radius 3 is 1.89 bits per heavy atom. The standard InChI is InChI=1S/C12H16.C11H13NS.C10H12N2.C10H17NS.C10H13NS.C10H12O2/c1-9(2)11-7-6-10-4-3-5-12(10)8-11;1-7(2)9-4-5-11-10(6-9)12-8(3)13-11;1-7(2)8-3-4-9-6-11-12-10(9)5-8;2*1-7(2)10-11-8-5-3-4-6-9(8)12-10;1-7(2)8-3-4-9-10(5-8)12-6-11-9/h6-9H,3-5H2,1-2H3;4-7H,1-3H3;3-7H,1-2H3,(H,11,12);7,10-11H,3-6H2,1-2H3;3-7,10-11H,1-2H3;3-5,7H,6H2,1-2H3. The molecule has 5 heterocycles. The highest BCUT2D eigenvalue weighted by Crippen LogP contribution is 2.42. The normalized spacial score (nSPS) is 16.9. The van der Waals surface area contributed by atoms with Crippen LogP contribution >= 0.6 is 34.9 Å². The van der Waals surface area contributed by atoms with E-state index in [2.05, 4.69) is 213 Å². The van der Waals surface area contributed by atoms with E-state index in [4.69, 9.17) is 9.47 Å².